The summed E-state index contributed by atoms with van der Waals surface area (Å²) >= 11 is 0. The third kappa shape index (κ3) is 3.59. The first-order valence-corrected chi connectivity index (χ1v) is 6.90. The monoisotopic (exact) mass is 298 g/mol. The molecule has 0 N–H and O–H groups in total. The zero-order valence-corrected chi connectivity index (χ0v) is 12.7. The van der Waals surface area contributed by atoms with E-state index in [9.17, 15) is 13.6 Å². The lowest BCUT2D eigenvalue weighted by Crippen LogP contribution is -2.33. The van der Waals surface area contributed by atoms with Gasteiger partial charge >= 0.3 is 6.61 Å². The van der Waals surface area contributed by atoms with Crippen LogP contribution in [0.1, 0.15) is 44.5 Å². The Kier molecular flexibility index (Phi) is 4.06. The van der Waals surface area contributed by atoms with Crippen LogP contribution >= 0.6 is 0 Å². The molecule has 116 valence electrons. The van der Waals surface area contributed by atoms with E-state index in [-0.39, 0.29) is 23.1 Å². The highest BCUT2D eigenvalue weighted by Crippen LogP contribution is 2.43. The fraction of sp³-hybridized carbons (Fsp3) is 0.562. The molecule has 5 heteroatoms. The first kappa shape index (κ1) is 15.9. The molecule has 0 aliphatic carbocycles. The number of ketones is 1. The average molecular weight is 298 g/mol. The second-order valence-corrected chi connectivity index (χ2v) is 6.49. The third-order valence-electron chi connectivity index (χ3n) is 3.75. The van der Waals surface area contributed by atoms with Gasteiger partial charge in [0.15, 0.2) is 5.78 Å². The molecular formula is C16H20F2O3. The Morgan fingerprint density at radius 3 is 2.24 bits per heavy atom. The van der Waals surface area contributed by atoms with E-state index in [1.54, 1.807) is 0 Å². The number of hydrogen-bond donors (Lipinski definition) is 0. The summed E-state index contributed by atoms with van der Waals surface area (Å²) in [7, 11) is 0. The number of ether oxygens (including phenoxy) is 2. The standard InChI is InChI=1S/C16H20F2O3/c1-15(2)9-12(16(3,4)21-15)13(19)10-5-7-11(8-6-10)20-14(17)18/h5-8,12,14H,9H2,1-4H3. The fourth-order valence-corrected chi connectivity index (χ4v) is 2.97. The Hall–Kier alpha value is -1.49. The molecule has 1 aliphatic heterocycles. The van der Waals surface area contributed by atoms with Gasteiger partial charge in [-0.15, -0.1) is 0 Å². The predicted molar refractivity (Wildman–Crippen MR) is 74.8 cm³/mol. The van der Waals surface area contributed by atoms with Gasteiger partial charge in [0.05, 0.1) is 17.1 Å². The van der Waals surface area contributed by atoms with Crippen LogP contribution in [-0.4, -0.2) is 23.6 Å². The van der Waals surface area contributed by atoms with Gasteiger partial charge in [0.1, 0.15) is 5.75 Å². The van der Waals surface area contributed by atoms with E-state index < -0.39 is 12.2 Å². The number of carbonyl (C=O) groups is 1. The van der Waals surface area contributed by atoms with Crippen LogP contribution in [-0.2, 0) is 4.74 Å². The molecule has 1 saturated heterocycles. The van der Waals surface area contributed by atoms with Gasteiger partial charge in [-0.3, -0.25) is 4.79 Å². The van der Waals surface area contributed by atoms with E-state index in [1.807, 2.05) is 27.7 Å². The van der Waals surface area contributed by atoms with E-state index >= 15 is 0 Å². The molecule has 2 rings (SSSR count). The molecule has 0 bridgehead atoms. The van der Waals surface area contributed by atoms with Gasteiger partial charge in [0.25, 0.3) is 0 Å². The molecule has 1 unspecified atom stereocenters. The summed E-state index contributed by atoms with van der Waals surface area (Å²) in [4.78, 5) is 12.6. The number of rotatable bonds is 4. The maximum absolute atomic E-state index is 12.6. The summed E-state index contributed by atoms with van der Waals surface area (Å²) < 4.78 is 34.4. The third-order valence-corrected chi connectivity index (χ3v) is 3.75. The Morgan fingerprint density at radius 2 is 1.81 bits per heavy atom. The SMILES string of the molecule is CC1(C)CC(C(=O)c2ccc(OC(F)F)cc2)C(C)(C)O1. The second-order valence-electron chi connectivity index (χ2n) is 6.49. The molecule has 3 nitrogen and oxygen atoms in total. The van der Waals surface area contributed by atoms with E-state index in [0.717, 1.165) is 0 Å². The van der Waals surface area contributed by atoms with E-state index in [4.69, 9.17) is 4.74 Å². The number of hydrogen-bond acceptors (Lipinski definition) is 3. The smallest absolute Gasteiger partial charge is 0.387 e. The maximum Gasteiger partial charge on any atom is 0.387 e. The van der Waals surface area contributed by atoms with Crippen molar-refractivity contribution in [3.8, 4) is 5.75 Å². The molecule has 0 radical (unpaired) electrons. The van der Waals surface area contributed by atoms with Gasteiger partial charge in [0, 0.05) is 5.56 Å². The van der Waals surface area contributed by atoms with Gasteiger partial charge in [-0.1, -0.05) is 0 Å². The number of halogens is 2. The summed E-state index contributed by atoms with van der Waals surface area (Å²) in [6, 6.07) is 5.80. The lowest BCUT2D eigenvalue weighted by Gasteiger charge is -2.26. The van der Waals surface area contributed by atoms with Crippen LogP contribution in [0.2, 0.25) is 0 Å². The lowest BCUT2D eigenvalue weighted by molar-refractivity contribution is -0.0712. The van der Waals surface area contributed by atoms with Crippen LogP contribution in [0.3, 0.4) is 0 Å². The topological polar surface area (TPSA) is 35.5 Å². The molecule has 21 heavy (non-hydrogen) atoms. The van der Waals surface area contributed by atoms with Crippen LogP contribution in [0.4, 0.5) is 8.78 Å². The van der Waals surface area contributed by atoms with E-state index in [1.165, 1.54) is 24.3 Å². The zero-order chi connectivity index (χ0) is 15.8. The summed E-state index contributed by atoms with van der Waals surface area (Å²) in [5.74, 6) is -0.243. The van der Waals surface area contributed by atoms with Crippen molar-refractivity contribution in [2.75, 3.05) is 0 Å². The van der Waals surface area contributed by atoms with Crippen LogP contribution in [0.15, 0.2) is 24.3 Å². The molecule has 1 fully saturated rings. The predicted octanol–water partition coefficient (Wildman–Crippen LogP) is 4.06. The average Bonchev–Trinajstić information content (AvgIpc) is 2.56. The molecule has 1 aliphatic rings. The first-order valence-electron chi connectivity index (χ1n) is 6.90. The molecule has 1 aromatic carbocycles. The largest absolute Gasteiger partial charge is 0.435 e. The normalized spacial score (nSPS) is 23.3. The van der Waals surface area contributed by atoms with Crippen molar-refractivity contribution in [2.45, 2.75) is 51.9 Å². The van der Waals surface area contributed by atoms with Crippen molar-refractivity contribution in [3.05, 3.63) is 29.8 Å². The molecule has 1 atom stereocenters. The van der Waals surface area contributed by atoms with Crippen LogP contribution in [0.25, 0.3) is 0 Å². The Morgan fingerprint density at radius 1 is 1.24 bits per heavy atom. The van der Waals surface area contributed by atoms with Gasteiger partial charge in [-0.25, -0.2) is 0 Å². The zero-order valence-electron chi connectivity index (χ0n) is 12.7. The highest BCUT2D eigenvalue weighted by atomic mass is 19.3. The fourth-order valence-electron chi connectivity index (χ4n) is 2.97. The van der Waals surface area contributed by atoms with Crippen LogP contribution in [0, 0.1) is 5.92 Å². The van der Waals surface area contributed by atoms with Gasteiger partial charge in [-0.2, -0.15) is 8.78 Å². The molecule has 1 heterocycles. The molecule has 0 spiro atoms. The Bertz CT molecular complexity index is 521. The van der Waals surface area contributed by atoms with Crippen molar-refractivity contribution in [1.29, 1.82) is 0 Å². The molecule has 0 aromatic heterocycles. The number of alkyl halides is 2. The van der Waals surface area contributed by atoms with Gasteiger partial charge in [-0.05, 0) is 58.4 Å². The van der Waals surface area contributed by atoms with Crippen LogP contribution < -0.4 is 4.74 Å². The molecule has 0 amide bonds. The van der Waals surface area contributed by atoms with Crippen molar-refractivity contribution < 1.29 is 23.0 Å². The van der Waals surface area contributed by atoms with Crippen molar-refractivity contribution in [2.24, 2.45) is 5.92 Å². The maximum atomic E-state index is 12.6. The minimum atomic E-state index is -2.87. The highest BCUT2D eigenvalue weighted by Gasteiger charge is 2.49. The van der Waals surface area contributed by atoms with Crippen molar-refractivity contribution in [3.63, 3.8) is 0 Å². The van der Waals surface area contributed by atoms with Crippen molar-refractivity contribution in [1.82, 2.24) is 0 Å². The van der Waals surface area contributed by atoms with E-state index in [2.05, 4.69) is 4.74 Å². The molecule has 0 saturated carbocycles. The van der Waals surface area contributed by atoms with E-state index in [0.29, 0.717) is 12.0 Å². The van der Waals surface area contributed by atoms with Gasteiger partial charge < -0.3 is 9.47 Å². The second kappa shape index (κ2) is 5.37. The summed E-state index contributed by atoms with van der Waals surface area (Å²) in [6.45, 7) is 4.86. The summed E-state index contributed by atoms with van der Waals surface area (Å²) in [5, 5.41) is 0. The first-order chi connectivity index (χ1) is 9.61. The van der Waals surface area contributed by atoms with Crippen molar-refractivity contribution >= 4 is 5.78 Å². The molecular weight excluding hydrogens is 278 g/mol. The summed E-state index contributed by atoms with van der Waals surface area (Å²) in [6.07, 6.45) is 0.633. The highest BCUT2D eigenvalue weighted by molar-refractivity contribution is 5.98. The lowest BCUT2D eigenvalue weighted by atomic mass is 9.82. The number of benzene rings is 1. The Balaban J connectivity index is 2.17. The summed E-state index contributed by atoms with van der Waals surface area (Å²) in [5.41, 5.74) is -0.405. The van der Waals surface area contributed by atoms with Crippen LogP contribution in [0.5, 0.6) is 5.75 Å². The number of Topliss-reactive ketones (excluding diaryl/α,β-unsaturated/α-hetero) is 1. The minimum Gasteiger partial charge on any atom is -0.435 e. The molecule has 1 aromatic rings. The minimum absolute atomic E-state index is 0.0332. The van der Waals surface area contributed by atoms with Gasteiger partial charge in [0.2, 0.25) is 0 Å². The quantitative estimate of drug-likeness (QED) is 0.786. The Labute approximate surface area is 123 Å². The number of carbonyl (C=O) groups excluding carboxylic acids is 1.